The van der Waals surface area contributed by atoms with Crippen LogP contribution >= 0.6 is 0 Å². The lowest BCUT2D eigenvalue weighted by Gasteiger charge is -2.30. The highest BCUT2D eigenvalue weighted by atomic mass is 16.5. The van der Waals surface area contributed by atoms with Crippen LogP contribution < -0.4 is 10.6 Å². The Morgan fingerprint density at radius 1 is 1.33 bits per heavy atom. The van der Waals surface area contributed by atoms with Gasteiger partial charge in [0.15, 0.2) is 5.96 Å². The predicted octanol–water partition coefficient (Wildman–Crippen LogP) is 2.82. The number of nitrogens with one attached hydrogen (secondary N) is 2. The molecule has 1 aliphatic rings. The van der Waals surface area contributed by atoms with E-state index >= 15 is 0 Å². The summed E-state index contributed by atoms with van der Waals surface area (Å²) < 4.78 is 5.29. The molecule has 24 heavy (non-hydrogen) atoms. The normalized spacial score (nSPS) is 16.6. The molecule has 2 N–H and O–H groups in total. The molecule has 2 rings (SSSR count). The second-order valence-electron chi connectivity index (χ2n) is 6.54. The highest BCUT2D eigenvalue weighted by molar-refractivity contribution is 5.79. The Kier molecular flexibility index (Phi) is 7.07. The minimum atomic E-state index is 0.328. The monoisotopic (exact) mass is 328 g/mol. The number of guanidine groups is 1. The number of nitrogens with zero attached hydrogens (tertiary/aromatic N) is 2. The van der Waals surface area contributed by atoms with Gasteiger partial charge in [-0.15, -0.1) is 0 Å². The third-order valence-electron chi connectivity index (χ3n) is 4.87. The molecule has 0 bridgehead atoms. The molecule has 1 aromatic rings. The highest BCUT2D eigenvalue weighted by Crippen LogP contribution is 2.40. The molecule has 0 heterocycles. The van der Waals surface area contributed by atoms with Crippen LogP contribution in [0.2, 0.25) is 0 Å². The Morgan fingerprint density at radius 2 is 2.12 bits per heavy atom. The number of rotatable bonds is 7. The van der Waals surface area contributed by atoms with Gasteiger partial charge in [0.1, 0.15) is 0 Å². The number of methoxy groups -OCH3 is 1. The Morgan fingerprint density at radius 3 is 2.79 bits per heavy atom. The highest BCUT2D eigenvalue weighted by Gasteiger charge is 2.33. The molecule has 0 atom stereocenters. The van der Waals surface area contributed by atoms with E-state index in [1.807, 2.05) is 24.3 Å². The standard InChI is InChI=1S/C19H28N4O/c1-21-18(22-14-17-7-5-6-16(12-17)13-20)23-15-19(10-11-24-2)8-3-4-9-19/h5-7,12H,3-4,8-11,14-15H2,1-2H3,(H2,21,22,23). The summed E-state index contributed by atoms with van der Waals surface area (Å²) in [5.41, 5.74) is 2.09. The van der Waals surface area contributed by atoms with Gasteiger partial charge in [0.25, 0.3) is 0 Å². The summed E-state index contributed by atoms with van der Waals surface area (Å²) in [6.45, 7) is 2.39. The fraction of sp³-hybridized carbons (Fsp3) is 0.579. The lowest BCUT2D eigenvalue weighted by molar-refractivity contribution is 0.138. The number of benzene rings is 1. The van der Waals surface area contributed by atoms with Crippen LogP contribution in [0.4, 0.5) is 0 Å². The maximum absolute atomic E-state index is 8.97. The number of nitriles is 1. The molecule has 1 aromatic carbocycles. The summed E-state index contributed by atoms with van der Waals surface area (Å²) in [5.74, 6) is 0.807. The van der Waals surface area contributed by atoms with E-state index in [9.17, 15) is 0 Å². The van der Waals surface area contributed by atoms with Crippen molar-refractivity contribution in [3.8, 4) is 6.07 Å². The fourth-order valence-corrected chi connectivity index (χ4v) is 3.39. The zero-order valence-corrected chi connectivity index (χ0v) is 14.8. The molecule has 0 unspecified atom stereocenters. The van der Waals surface area contributed by atoms with Gasteiger partial charge in [0.05, 0.1) is 11.6 Å². The first-order valence-corrected chi connectivity index (χ1v) is 8.64. The average molecular weight is 328 g/mol. The van der Waals surface area contributed by atoms with Crippen LogP contribution in [0, 0.1) is 16.7 Å². The van der Waals surface area contributed by atoms with Crippen LogP contribution in [0.5, 0.6) is 0 Å². The minimum absolute atomic E-state index is 0.328. The smallest absolute Gasteiger partial charge is 0.191 e. The van der Waals surface area contributed by atoms with E-state index in [2.05, 4.69) is 21.7 Å². The molecule has 0 saturated heterocycles. The Balaban J connectivity index is 1.86. The third-order valence-corrected chi connectivity index (χ3v) is 4.87. The first kappa shape index (κ1) is 18.3. The van der Waals surface area contributed by atoms with Gasteiger partial charge in [-0.3, -0.25) is 4.99 Å². The molecule has 0 aromatic heterocycles. The van der Waals surface area contributed by atoms with Crippen molar-refractivity contribution in [3.63, 3.8) is 0 Å². The van der Waals surface area contributed by atoms with Crippen LogP contribution in [0.25, 0.3) is 0 Å². The summed E-state index contributed by atoms with van der Waals surface area (Å²) in [4.78, 5) is 4.32. The van der Waals surface area contributed by atoms with E-state index in [1.54, 1.807) is 14.2 Å². The summed E-state index contributed by atoms with van der Waals surface area (Å²) in [6.07, 6.45) is 6.21. The van der Waals surface area contributed by atoms with E-state index in [0.29, 0.717) is 17.5 Å². The van der Waals surface area contributed by atoms with Crippen molar-refractivity contribution in [2.75, 3.05) is 27.3 Å². The predicted molar refractivity (Wildman–Crippen MR) is 96.8 cm³/mol. The molecule has 1 aliphatic carbocycles. The molecule has 130 valence electrons. The van der Waals surface area contributed by atoms with Crippen molar-refractivity contribution in [1.29, 1.82) is 5.26 Å². The molecule has 5 nitrogen and oxygen atoms in total. The number of aliphatic imine (C=N–C) groups is 1. The van der Waals surface area contributed by atoms with Gasteiger partial charge in [-0.1, -0.05) is 25.0 Å². The van der Waals surface area contributed by atoms with Gasteiger partial charge in [0, 0.05) is 33.9 Å². The summed E-state index contributed by atoms with van der Waals surface area (Å²) in [6, 6.07) is 9.80. The Hall–Kier alpha value is -2.06. The first-order valence-electron chi connectivity index (χ1n) is 8.64. The zero-order chi connectivity index (χ0) is 17.3. The fourth-order valence-electron chi connectivity index (χ4n) is 3.39. The van der Waals surface area contributed by atoms with Crippen molar-refractivity contribution in [3.05, 3.63) is 35.4 Å². The number of hydrogen-bond donors (Lipinski definition) is 2. The molecule has 0 radical (unpaired) electrons. The summed E-state index contributed by atoms with van der Waals surface area (Å²) >= 11 is 0. The van der Waals surface area contributed by atoms with Crippen molar-refractivity contribution in [2.45, 2.75) is 38.6 Å². The van der Waals surface area contributed by atoms with E-state index in [4.69, 9.17) is 10.00 Å². The van der Waals surface area contributed by atoms with Crippen LogP contribution in [-0.2, 0) is 11.3 Å². The van der Waals surface area contributed by atoms with E-state index < -0.39 is 0 Å². The van der Waals surface area contributed by atoms with Crippen LogP contribution in [0.1, 0.15) is 43.2 Å². The molecular formula is C19H28N4O. The Bertz CT molecular complexity index is 585. The van der Waals surface area contributed by atoms with E-state index in [1.165, 1.54) is 25.7 Å². The molecule has 0 aliphatic heterocycles. The average Bonchev–Trinajstić information content (AvgIpc) is 3.09. The lowest BCUT2D eigenvalue weighted by Crippen LogP contribution is -2.43. The van der Waals surface area contributed by atoms with Gasteiger partial charge in [-0.2, -0.15) is 5.26 Å². The molecule has 5 heteroatoms. The van der Waals surface area contributed by atoms with E-state index in [-0.39, 0.29) is 0 Å². The maximum Gasteiger partial charge on any atom is 0.191 e. The van der Waals surface area contributed by atoms with Crippen molar-refractivity contribution in [1.82, 2.24) is 10.6 Å². The zero-order valence-electron chi connectivity index (χ0n) is 14.8. The molecular weight excluding hydrogens is 300 g/mol. The molecule has 1 saturated carbocycles. The largest absolute Gasteiger partial charge is 0.385 e. The van der Waals surface area contributed by atoms with Gasteiger partial charge >= 0.3 is 0 Å². The SMILES string of the molecule is CN=C(NCc1cccc(C#N)c1)NCC1(CCOC)CCCC1. The summed E-state index contributed by atoms with van der Waals surface area (Å²) in [7, 11) is 3.56. The van der Waals surface area contributed by atoms with E-state index in [0.717, 1.165) is 31.1 Å². The topological polar surface area (TPSA) is 69.4 Å². The molecule has 0 spiro atoms. The van der Waals surface area contributed by atoms with Gasteiger partial charge in [-0.05, 0) is 42.4 Å². The van der Waals surface area contributed by atoms with Gasteiger partial charge in [0.2, 0.25) is 0 Å². The first-order chi connectivity index (χ1) is 11.7. The van der Waals surface area contributed by atoms with Crippen LogP contribution in [-0.4, -0.2) is 33.3 Å². The van der Waals surface area contributed by atoms with Gasteiger partial charge in [-0.25, -0.2) is 0 Å². The number of hydrogen-bond acceptors (Lipinski definition) is 3. The quantitative estimate of drug-likeness (QED) is 0.596. The van der Waals surface area contributed by atoms with Crippen molar-refractivity contribution < 1.29 is 4.74 Å². The van der Waals surface area contributed by atoms with Crippen molar-refractivity contribution in [2.24, 2.45) is 10.4 Å². The second kappa shape index (κ2) is 9.29. The lowest BCUT2D eigenvalue weighted by atomic mass is 9.83. The van der Waals surface area contributed by atoms with Crippen LogP contribution in [0.3, 0.4) is 0 Å². The second-order valence-corrected chi connectivity index (χ2v) is 6.54. The molecule has 0 amide bonds. The van der Waals surface area contributed by atoms with Crippen molar-refractivity contribution >= 4 is 5.96 Å². The molecule has 1 fully saturated rings. The Labute approximate surface area is 145 Å². The van der Waals surface area contributed by atoms with Crippen LogP contribution in [0.15, 0.2) is 29.3 Å². The third kappa shape index (κ3) is 5.24. The van der Waals surface area contributed by atoms with Gasteiger partial charge < -0.3 is 15.4 Å². The minimum Gasteiger partial charge on any atom is -0.385 e. The maximum atomic E-state index is 8.97. The number of ether oxygens (including phenoxy) is 1. The summed E-state index contributed by atoms with van der Waals surface area (Å²) in [5, 5.41) is 15.8.